The average Bonchev–Trinajstić information content (AvgIpc) is 3.13. The number of hydrogen-bond acceptors (Lipinski definition) is 5. The van der Waals surface area contributed by atoms with Crippen molar-refractivity contribution in [3.8, 4) is 16.9 Å². The van der Waals surface area contributed by atoms with E-state index < -0.39 is 0 Å². The Labute approximate surface area is 172 Å². The molecule has 29 heavy (non-hydrogen) atoms. The van der Waals surface area contributed by atoms with Crippen molar-refractivity contribution in [2.75, 3.05) is 18.8 Å². The monoisotopic (exact) mass is 395 g/mol. The smallest absolute Gasteiger partial charge is 0.410 e. The molecule has 2 aliphatic rings. The summed E-state index contributed by atoms with van der Waals surface area (Å²) in [6, 6.07) is 8.42. The summed E-state index contributed by atoms with van der Waals surface area (Å²) in [5.74, 6) is 2.00. The number of aromatic nitrogens is 1. The number of carbonyl (C=O) groups is 1. The number of aryl methyl sites for hydroxylation is 1. The Morgan fingerprint density at radius 2 is 2.00 bits per heavy atom. The van der Waals surface area contributed by atoms with Crippen LogP contribution in [0, 0.1) is 12.8 Å². The van der Waals surface area contributed by atoms with E-state index in [1.807, 2.05) is 31.9 Å². The zero-order chi connectivity index (χ0) is 20.5. The number of piperidine rings is 1. The second kappa shape index (κ2) is 7.93. The molecule has 1 aromatic carbocycles. The van der Waals surface area contributed by atoms with Gasteiger partial charge in [-0.1, -0.05) is 6.07 Å². The first-order chi connectivity index (χ1) is 13.9. The Morgan fingerprint density at radius 1 is 1.24 bits per heavy atom. The van der Waals surface area contributed by atoms with Gasteiger partial charge in [0.15, 0.2) is 0 Å². The normalized spacial score (nSPS) is 19.2. The van der Waals surface area contributed by atoms with Gasteiger partial charge in [-0.3, -0.25) is 0 Å². The summed E-state index contributed by atoms with van der Waals surface area (Å²) in [5, 5.41) is 0. The second-order valence-electron chi connectivity index (χ2n) is 8.37. The van der Waals surface area contributed by atoms with Crippen LogP contribution in [0.5, 0.6) is 5.75 Å². The van der Waals surface area contributed by atoms with Crippen LogP contribution in [-0.2, 0) is 11.2 Å². The van der Waals surface area contributed by atoms with Crippen LogP contribution in [0.4, 0.5) is 10.6 Å². The van der Waals surface area contributed by atoms with Crippen molar-refractivity contribution in [2.24, 2.45) is 5.92 Å². The molecule has 1 amide bonds. The number of pyridine rings is 1. The van der Waals surface area contributed by atoms with Crippen LogP contribution < -0.4 is 10.5 Å². The highest BCUT2D eigenvalue weighted by molar-refractivity contribution is 5.68. The summed E-state index contributed by atoms with van der Waals surface area (Å²) in [5.41, 5.74) is 10.3. The van der Waals surface area contributed by atoms with Gasteiger partial charge < -0.3 is 20.1 Å². The van der Waals surface area contributed by atoms with Crippen molar-refractivity contribution < 1.29 is 14.3 Å². The fourth-order valence-corrected chi connectivity index (χ4v) is 4.19. The number of nitrogen functional groups attached to an aromatic ring is 1. The summed E-state index contributed by atoms with van der Waals surface area (Å²) in [4.78, 5) is 18.2. The number of ether oxygens (including phenoxy) is 2. The third-order valence-electron chi connectivity index (χ3n) is 5.87. The highest BCUT2D eigenvalue weighted by Crippen LogP contribution is 2.37. The summed E-state index contributed by atoms with van der Waals surface area (Å²) >= 11 is 0. The molecular weight excluding hydrogens is 366 g/mol. The van der Waals surface area contributed by atoms with E-state index in [2.05, 4.69) is 29.2 Å². The lowest BCUT2D eigenvalue weighted by atomic mass is 9.89. The first kappa shape index (κ1) is 19.6. The molecule has 1 unspecified atom stereocenters. The number of hydrogen-bond donors (Lipinski definition) is 1. The Kier molecular flexibility index (Phi) is 5.35. The third kappa shape index (κ3) is 4.16. The van der Waals surface area contributed by atoms with Crippen molar-refractivity contribution in [1.29, 1.82) is 0 Å². The largest absolute Gasteiger partial charge is 0.490 e. The summed E-state index contributed by atoms with van der Waals surface area (Å²) in [6.07, 6.45) is 4.51. The Balaban J connectivity index is 1.40. The first-order valence-corrected chi connectivity index (χ1v) is 10.4. The van der Waals surface area contributed by atoms with Gasteiger partial charge in [-0.15, -0.1) is 0 Å². The molecular formula is C23H29N3O3. The van der Waals surface area contributed by atoms with Gasteiger partial charge in [0.1, 0.15) is 17.7 Å². The van der Waals surface area contributed by atoms with Crippen LogP contribution in [0.2, 0.25) is 0 Å². The molecule has 1 fully saturated rings. The third-order valence-corrected chi connectivity index (χ3v) is 5.87. The molecule has 154 valence electrons. The van der Waals surface area contributed by atoms with Gasteiger partial charge in [-0.25, -0.2) is 9.78 Å². The van der Waals surface area contributed by atoms with E-state index in [1.165, 1.54) is 5.56 Å². The summed E-state index contributed by atoms with van der Waals surface area (Å²) in [6.45, 7) is 7.19. The lowest BCUT2D eigenvalue weighted by molar-refractivity contribution is 0.0503. The van der Waals surface area contributed by atoms with Crippen LogP contribution in [0.25, 0.3) is 11.1 Å². The van der Waals surface area contributed by atoms with Crippen LogP contribution in [-0.4, -0.2) is 41.3 Å². The van der Waals surface area contributed by atoms with Gasteiger partial charge in [0, 0.05) is 31.3 Å². The number of likely N-dealkylation sites (tertiary alicyclic amines) is 1. The molecule has 2 N–H and O–H groups in total. The average molecular weight is 396 g/mol. The predicted molar refractivity (Wildman–Crippen MR) is 113 cm³/mol. The van der Waals surface area contributed by atoms with Crippen LogP contribution in [0.1, 0.15) is 37.8 Å². The van der Waals surface area contributed by atoms with E-state index >= 15 is 0 Å². The summed E-state index contributed by atoms with van der Waals surface area (Å²) in [7, 11) is 0. The zero-order valence-electron chi connectivity index (χ0n) is 17.4. The van der Waals surface area contributed by atoms with Gasteiger partial charge in [0.05, 0.1) is 6.10 Å². The fourth-order valence-electron chi connectivity index (χ4n) is 4.19. The van der Waals surface area contributed by atoms with Crippen molar-refractivity contribution in [3.05, 3.63) is 41.6 Å². The standard InChI is InChI=1S/C23H29N3O3/c1-14(2)28-23(27)26-8-6-16(7-9-26)21-12-18-11-17(4-5-20(18)29-21)19-10-15(3)22(24)25-13-19/h4-5,10-11,13-14,16,21H,6-9,12H2,1-3H3,(H2,24,25). The van der Waals surface area contributed by atoms with E-state index in [4.69, 9.17) is 15.2 Å². The molecule has 4 rings (SSSR count). The van der Waals surface area contributed by atoms with Crippen LogP contribution >= 0.6 is 0 Å². The minimum atomic E-state index is -0.203. The highest BCUT2D eigenvalue weighted by atomic mass is 16.6. The fraction of sp³-hybridized carbons (Fsp3) is 0.478. The van der Waals surface area contributed by atoms with E-state index in [0.29, 0.717) is 11.7 Å². The lowest BCUT2D eigenvalue weighted by Gasteiger charge is -2.34. The molecule has 1 aromatic heterocycles. The van der Waals surface area contributed by atoms with Crippen molar-refractivity contribution in [3.63, 3.8) is 0 Å². The van der Waals surface area contributed by atoms with Gasteiger partial charge in [-0.2, -0.15) is 0 Å². The molecule has 0 bridgehead atoms. The predicted octanol–water partition coefficient (Wildman–Crippen LogP) is 4.20. The zero-order valence-corrected chi connectivity index (χ0v) is 17.4. The molecule has 0 aliphatic carbocycles. The molecule has 1 atom stereocenters. The molecule has 6 nitrogen and oxygen atoms in total. The molecule has 6 heteroatoms. The molecule has 3 heterocycles. The van der Waals surface area contributed by atoms with E-state index in [-0.39, 0.29) is 18.3 Å². The molecule has 0 saturated carbocycles. The Hall–Kier alpha value is -2.76. The number of rotatable bonds is 3. The number of anilines is 1. The maximum absolute atomic E-state index is 12.1. The lowest BCUT2D eigenvalue weighted by Crippen LogP contribution is -2.43. The number of benzene rings is 1. The van der Waals surface area contributed by atoms with Gasteiger partial charge in [0.25, 0.3) is 0 Å². The number of nitrogens with zero attached hydrogens (tertiary/aromatic N) is 2. The van der Waals surface area contributed by atoms with Gasteiger partial charge in [0.2, 0.25) is 0 Å². The number of nitrogens with two attached hydrogens (primary N) is 1. The molecule has 1 saturated heterocycles. The minimum absolute atomic E-state index is 0.0814. The second-order valence-corrected chi connectivity index (χ2v) is 8.37. The molecule has 0 radical (unpaired) electrons. The van der Waals surface area contributed by atoms with Crippen molar-refractivity contribution in [1.82, 2.24) is 9.88 Å². The minimum Gasteiger partial charge on any atom is -0.490 e. The first-order valence-electron chi connectivity index (χ1n) is 10.4. The maximum atomic E-state index is 12.1. The maximum Gasteiger partial charge on any atom is 0.410 e. The Bertz CT molecular complexity index is 904. The van der Waals surface area contributed by atoms with E-state index in [9.17, 15) is 4.79 Å². The number of fused-ring (bicyclic) bond motifs is 1. The highest BCUT2D eigenvalue weighted by Gasteiger charge is 2.34. The Morgan fingerprint density at radius 3 is 2.69 bits per heavy atom. The SMILES string of the molecule is Cc1cc(-c2ccc3c(c2)CC(C2CCN(C(=O)OC(C)C)CC2)O3)cnc1N. The molecule has 2 aliphatic heterocycles. The molecule has 2 aromatic rings. The number of amides is 1. The van der Waals surface area contributed by atoms with Crippen molar-refractivity contribution in [2.45, 2.75) is 52.2 Å². The van der Waals surface area contributed by atoms with Crippen LogP contribution in [0.3, 0.4) is 0 Å². The van der Waals surface area contributed by atoms with Gasteiger partial charge >= 0.3 is 6.09 Å². The van der Waals surface area contributed by atoms with E-state index in [0.717, 1.165) is 54.8 Å². The van der Waals surface area contributed by atoms with Crippen molar-refractivity contribution >= 4 is 11.9 Å². The quantitative estimate of drug-likeness (QED) is 0.843. The van der Waals surface area contributed by atoms with Crippen LogP contribution in [0.15, 0.2) is 30.5 Å². The topological polar surface area (TPSA) is 77.7 Å². The van der Waals surface area contributed by atoms with Gasteiger partial charge in [-0.05, 0) is 74.4 Å². The van der Waals surface area contributed by atoms with E-state index in [1.54, 1.807) is 0 Å². The number of carbonyl (C=O) groups excluding carboxylic acids is 1. The summed E-state index contributed by atoms with van der Waals surface area (Å²) < 4.78 is 11.6. The molecule has 0 spiro atoms.